The number of para-hydroxylation sites is 2. The van der Waals surface area contributed by atoms with Crippen molar-refractivity contribution in [3.05, 3.63) is 202 Å². The molecule has 0 atom stereocenters. The molecule has 0 spiro atoms. The quantitative estimate of drug-likeness (QED) is 0.182. The maximum Gasteiger partial charge on any atom is 0.0805 e. The average molecular weight is 621 g/mol. The maximum absolute atomic E-state index is 5.39. The summed E-state index contributed by atoms with van der Waals surface area (Å²) in [6, 6.07) is 55.6. The number of aryl methyl sites for hydroxylation is 2. The van der Waals surface area contributed by atoms with E-state index in [0.29, 0.717) is 0 Å². The van der Waals surface area contributed by atoms with Crippen molar-refractivity contribution in [2.45, 2.75) is 13.8 Å². The van der Waals surface area contributed by atoms with Crippen molar-refractivity contribution in [3.8, 4) is 0 Å². The van der Waals surface area contributed by atoms with E-state index >= 15 is 0 Å². The molecule has 3 heteroatoms. The van der Waals surface area contributed by atoms with E-state index in [4.69, 9.17) is 9.98 Å². The first-order chi connectivity index (χ1) is 23.2. The summed E-state index contributed by atoms with van der Waals surface area (Å²) in [6.07, 6.45) is 0. The first kappa shape index (κ1) is 28.9. The number of aliphatic imine (C=N–C) groups is 2. The van der Waals surface area contributed by atoms with Gasteiger partial charge in [-0.15, -0.1) is 0 Å². The van der Waals surface area contributed by atoms with Crippen LogP contribution in [0.25, 0.3) is 21.0 Å². The molecule has 0 saturated heterocycles. The summed E-state index contributed by atoms with van der Waals surface area (Å²) >= 11 is 1.84. The molecule has 0 aliphatic heterocycles. The Labute approximate surface area is 280 Å². The SMILES string of the molecule is Cc1ccccc1N=C1C(c2ccccc2)=C(SC2=C(c3ccccc3)C(=Nc3ccccc3C)c3ccccc32)c2ccccc21. The Bertz CT molecular complexity index is 2110. The number of hydrogen-bond donors (Lipinski definition) is 0. The summed E-state index contributed by atoms with van der Waals surface area (Å²) in [6.45, 7) is 4.26. The molecule has 0 N–H and O–H groups in total. The highest BCUT2D eigenvalue weighted by molar-refractivity contribution is 8.17. The largest absolute Gasteiger partial charge is 0.247 e. The van der Waals surface area contributed by atoms with Crippen molar-refractivity contribution in [2.75, 3.05) is 0 Å². The smallest absolute Gasteiger partial charge is 0.0805 e. The Morgan fingerprint density at radius 2 is 0.702 bits per heavy atom. The molecular weight excluding hydrogens is 589 g/mol. The Morgan fingerprint density at radius 3 is 1.11 bits per heavy atom. The predicted octanol–water partition coefficient (Wildman–Crippen LogP) is 11.7. The van der Waals surface area contributed by atoms with Gasteiger partial charge in [0.25, 0.3) is 0 Å². The minimum Gasteiger partial charge on any atom is -0.247 e. The van der Waals surface area contributed by atoms with Gasteiger partial charge in [0.05, 0.1) is 22.8 Å². The highest BCUT2D eigenvalue weighted by atomic mass is 32.2. The van der Waals surface area contributed by atoms with Gasteiger partial charge in [0.2, 0.25) is 0 Å². The van der Waals surface area contributed by atoms with Crippen molar-refractivity contribution in [1.82, 2.24) is 0 Å². The van der Waals surface area contributed by atoms with E-state index in [0.717, 1.165) is 67.3 Å². The zero-order valence-electron chi connectivity index (χ0n) is 26.3. The van der Waals surface area contributed by atoms with Crippen LogP contribution in [0.15, 0.2) is 168 Å². The maximum atomic E-state index is 5.39. The molecule has 0 saturated carbocycles. The van der Waals surface area contributed by atoms with Gasteiger partial charge in [0.15, 0.2) is 0 Å². The van der Waals surface area contributed by atoms with Crippen molar-refractivity contribution in [1.29, 1.82) is 0 Å². The normalized spacial score (nSPS) is 15.4. The van der Waals surface area contributed by atoms with Crippen LogP contribution < -0.4 is 0 Å². The molecule has 2 aliphatic carbocycles. The summed E-state index contributed by atoms with van der Waals surface area (Å²) in [5, 5.41) is 0. The number of nitrogens with zero attached hydrogens (tertiary/aromatic N) is 2. The molecule has 0 fully saturated rings. The minimum atomic E-state index is 0.986. The van der Waals surface area contributed by atoms with Crippen molar-refractivity contribution in [3.63, 3.8) is 0 Å². The van der Waals surface area contributed by atoms with Gasteiger partial charge in [0.1, 0.15) is 0 Å². The molecule has 8 rings (SSSR count). The first-order valence-corrected chi connectivity index (χ1v) is 16.7. The van der Waals surface area contributed by atoms with Gasteiger partial charge >= 0.3 is 0 Å². The van der Waals surface area contributed by atoms with Crippen molar-refractivity contribution >= 4 is 55.5 Å². The third-order valence-electron chi connectivity index (χ3n) is 8.81. The van der Waals surface area contributed by atoms with E-state index in [-0.39, 0.29) is 0 Å². The Hall–Kier alpha value is -5.51. The topological polar surface area (TPSA) is 24.7 Å². The van der Waals surface area contributed by atoms with E-state index in [1.807, 2.05) is 11.8 Å². The number of allylic oxidation sites excluding steroid dienone is 2. The lowest BCUT2D eigenvalue weighted by Gasteiger charge is -2.13. The summed E-state index contributed by atoms with van der Waals surface area (Å²) < 4.78 is 0. The van der Waals surface area contributed by atoms with Crippen LogP contribution >= 0.6 is 11.8 Å². The van der Waals surface area contributed by atoms with Crippen LogP contribution in [0.2, 0.25) is 0 Å². The fraction of sp³-hybridized carbons (Fsp3) is 0.0455. The zero-order chi connectivity index (χ0) is 31.7. The number of benzene rings is 6. The molecule has 47 heavy (non-hydrogen) atoms. The third-order valence-corrected chi connectivity index (χ3v) is 10.1. The molecule has 6 aromatic rings. The Kier molecular flexibility index (Phi) is 7.60. The summed E-state index contributed by atoms with van der Waals surface area (Å²) in [7, 11) is 0. The lowest BCUT2D eigenvalue weighted by molar-refractivity contribution is 1.40. The van der Waals surface area contributed by atoms with E-state index in [2.05, 4.69) is 172 Å². The number of hydrogen-bond acceptors (Lipinski definition) is 3. The van der Waals surface area contributed by atoms with Gasteiger partial charge in [-0.05, 0) is 59.4 Å². The lowest BCUT2D eigenvalue weighted by Crippen LogP contribution is -2.01. The second-order valence-corrected chi connectivity index (χ2v) is 12.8. The third kappa shape index (κ3) is 5.29. The predicted molar refractivity (Wildman–Crippen MR) is 202 cm³/mol. The average Bonchev–Trinajstić information content (AvgIpc) is 3.59. The van der Waals surface area contributed by atoms with Crippen LogP contribution in [-0.4, -0.2) is 11.4 Å². The molecule has 0 bridgehead atoms. The van der Waals surface area contributed by atoms with Gasteiger partial charge in [-0.3, -0.25) is 0 Å². The minimum absolute atomic E-state index is 0.986. The molecule has 224 valence electrons. The van der Waals surface area contributed by atoms with Gasteiger partial charge < -0.3 is 0 Å². The molecule has 2 nitrogen and oxygen atoms in total. The molecule has 0 amide bonds. The number of rotatable bonds is 6. The molecule has 0 aromatic heterocycles. The lowest BCUT2D eigenvalue weighted by atomic mass is 10.0. The van der Waals surface area contributed by atoms with Crippen LogP contribution in [0.1, 0.15) is 44.5 Å². The second-order valence-electron chi connectivity index (χ2n) is 11.8. The highest BCUT2D eigenvalue weighted by Gasteiger charge is 2.35. The number of thioether (sulfide) groups is 1. The molecule has 0 unspecified atom stereocenters. The van der Waals surface area contributed by atoms with Gasteiger partial charge in [-0.25, -0.2) is 9.98 Å². The standard InChI is InChI=1S/C44H32N2S/c1-29-17-9-15-27-37(29)45-41-33-23-11-13-25-35(33)43(39(41)31-19-5-3-6-20-31)47-44-36-26-14-12-24-34(36)42(40(44)32-21-7-4-8-22-32)46-38-28-16-10-18-30(38)2/h3-28H,1-2H3. The summed E-state index contributed by atoms with van der Waals surface area (Å²) in [4.78, 5) is 13.2. The second kappa shape index (κ2) is 12.4. The van der Waals surface area contributed by atoms with Crippen LogP contribution in [0.4, 0.5) is 11.4 Å². The highest BCUT2D eigenvalue weighted by Crippen LogP contribution is 2.55. The van der Waals surface area contributed by atoms with Crippen LogP contribution in [0.3, 0.4) is 0 Å². The van der Waals surface area contributed by atoms with E-state index in [1.165, 1.54) is 20.9 Å². The van der Waals surface area contributed by atoms with Crippen molar-refractivity contribution < 1.29 is 0 Å². The van der Waals surface area contributed by atoms with Crippen LogP contribution in [0.5, 0.6) is 0 Å². The fourth-order valence-corrected chi connectivity index (χ4v) is 7.85. The Morgan fingerprint density at radius 1 is 0.362 bits per heavy atom. The van der Waals surface area contributed by atoms with Crippen LogP contribution in [0, 0.1) is 13.8 Å². The summed E-state index contributed by atoms with van der Waals surface area (Å²) in [5.41, 5.74) is 15.6. The van der Waals surface area contributed by atoms with E-state index in [9.17, 15) is 0 Å². The van der Waals surface area contributed by atoms with Crippen LogP contribution in [-0.2, 0) is 0 Å². The monoisotopic (exact) mass is 620 g/mol. The molecule has 0 radical (unpaired) electrons. The molecule has 0 heterocycles. The summed E-state index contributed by atoms with van der Waals surface area (Å²) in [5.74, 6) is 0. The van der Waals surface area contributed by atoms with Gasteiger partial charge in [0, 0.05) is 32.1 Å². The number of fused-ring (bicyclic) bond motifs is 2. The fourth-order valence-electron chi connectivity index (χ4n) is 6.44. The zero-order valence-corrected chi connectivity index (χ0v) is 27.1. The van der Waals surface area contributed by atoms with Gasteiger partial charge in [-0.2, -0.15) is 0 Å². The van der Waals surface area contributed by atoms with Gasteiger partial charge in [-0.1, -0.05) is 157 Å². The van der Waals surface area contributed by atoms with E-state index < -0.39 is 0 Å². The molecule has 6 aromatic carbocycles. The molecule has 2 aliphatic rings. The molecular formula is C44H32N2S. The Balaban J connectivity index is 1.42. The van der Waals surface area contributed by atoms with E-state index in [1.54, 1.807) is 0 Å². The van der Waals surface area contributed by atoms with Crippen molar-refractivity contribution in [2.24, 2.45) is 9.98 Å². The first-order valence-electron chi connectivity index (χ1n) is 15.9.